The van der Waals surface area contributed by atoms with Crippen molar-refractivity contribution in [2.45, 2.75) is 32.0 Å². The Morgan fingerprint density at radius 3 is 2.47 bits per heavy atom. The van der Waals surface area contributed by atoms with Crippen LogP contribution in [0.15, 0.2) is 53.7 Å². The zero-order chi connectivity index (χ0) is 22.9. The van der Waals surface area contributed by atoms with Gasteiger partial charge in [-0.1, -0.05) is 35.5 Å². The molecule has 10 heteroatoms. The van der Waals surface area contributed by atoms with Crippen LogP contribution in [0.2, 0.25) is 5.02 Å². The number of thioether (sulfide) groups is 1. The Labute approximate surface area is 195 Å². The van der Waals surface area contributed by atoms with Crippen LogP contribution in [-0.2, 0) is 22.6 Å². The van der Waals surface area contributed by atoms with Crippen LogP contribution in [0, 0.1) is 0 Å². The summed E-state index contributed by atoms with van der Waals surface area (Å²) in [7, 11) is 0. The number of hydrogen-bond acceptors (Lipinski definition) is 6. The molecule has 1 heterocycles. The van der Waals surface area contributed by atoms with Gasteiger partial charge in [-0.05, 0) is 50.2 Å². The Hall–Kier alpha value is -3.04. The number of ether oxygens (including phenoxy) is 1. The van der Waals surface area contributed by atoms with E-state index in [-0.39, 0.29) is 24.0 Å². The van der Waals surface area contributed by atoms with E-state index in [4.69, 9.17) is 16.3 Å². The summed E-state index contributed by atoms with van der Waals surface area (Å²) in [6.07, 6.45) is 0.0699. The summed E-state index contributed by atoms with van der Waals surface area (Å²) >= 11 is 7.32. The largest absolute Gasteiger partial charge is 0.494 e. The Bertz CT molecular complexity index is 1070. The number of anilines is 2. The summed E-state index contributed by atoms with van der Waals surface area (Å²) in [5.74, 6) is 1.01. The van der Waals surface area contributed by atoms with Gasteiger partial charge in [-0.15, -0.1) is 10.2 Å². The Morgan fingerprint density at radius 1 is 1.03 bits per heavy atom. The number of carbonyl (C=O) groups is 2. The van der Waals surface area contributed by atoms with Gasteiger partial charge >= 0.3 is 0 Å². The maximum atomic E-state index is 12.5. The van der Waals surface area contributed by atoms with Crippen molar-refractivity contribution in [2.75, 3.05) is 23.0 Å². The quantitative estimate of drug-likeness (QED) is 0.427. The zero-order valence-electron chi connectivity index (χ0n) is 17.8. The normalized spacial score (nSPS) is 10.6. The standard InChI is InChI=1S/C22H24ClN5O3S/c1-3-28-19(13-20(29)24-15-9-11-16(12-10-15)31-4-2)26-27-22(28)32-14-21(30)25-18-8-6-5-7-17(18)23/h5-12H,3-4,13-14H2,1-2H3,(H,24,29)(H,25,30). The van der Waals surface area contributed by atoms with Gasteiger partial charge in [-0.2, -0.15) is 0 Å². The highest BCUT2D eigenvalue weighted by Crippen LogP contribution is 2.22. The first-order chi connectivity index (χ1) is 15.5. The van der Waals surface area contributed by atoms with Crippen molar-refractivity contribution in [3.05, 3.63) is 59.4 Å². The van der Waals surface area contributed by atoms with E-state index in [1.165, 1.54) is 11.8 Å². The fourth-order valence-corrected chi connectivity index (χ4v) is 3.91. The number of amides is 2. The smallest absolute Gasteiger partial charge is 0.234 e. The van der Waals surface area contributed by atoms with Gasteiger partial charge in [0.1, 0.15) is 11.6 Å². The van der Waals surface area contributed by atoms with Crippen molar-refractivity contribution in [3.63, 3.8) is 0 Å². The second-order valence-corrected chi connectivity index (χ2v) is 7.99. The number of hydrogen-bond donors (Lipinski definition) is 2. The van der Waals surface area contributed by atoms with Crippen LogP contribution in [0.25, 0.3) is 0 Å². The molecule has 0 unspecified atom stereocenters. The highest BCUT2D eigenvalue weighted by Gasteiger charge is 2.16. The molecule has 2 N–H and O–H groups in total. The van der Waals surface area contributed by atoms with E-state index < -0.39 is 0 Å². The van der Waals surface area contributed by atoms with Gasteiger partial charge < -0.3 is 19.9 Å². The molecule has 1 aromatic heterocycles. The molecule has 0 aliphatic carbocycles. The van der Waals surface area contributed by atoms with Gasteiger partial charge in [0.2, 0.25) is 11.8 Å². The van der Waals surface area contributed by atoms with Crippen molar-refractivity contribution in [1.29, 1.82) is 0 Å². The van der Waals surface area contributed by atoms with Crippen LogP contribution >= 0.6 is 23.4 Å². The van der Waals surface area contributed by atoms with E-state index in [0.29, 0.717) is 40.5 Å². The van der Waals surface area contributed by atoms with Gasteiger partial charge in [0.15, 0.2) is 5.16 Å². The van der Waals surface area contributed by atoms with E-state index in [1.54, 1.807) is 48.5 Å². The molecule has 0 radical (unpaired) electrons. The minimum Gasteiger partial charge on any atom is -0.494 e. The third-order valence-electron chi connectivity index (χ3n) is 4.36. The Kier molecular flexibility index (Phi) is 8.52. The number of nitrogens with one attached hydrogen (secondary N) is 2. The minimum absolute atomic E-state index is 0.0699. The molecule has 0 aliphatic heterocycles. The number of carbonyl (C=O) groups excluding carboxylic acids is 2. The van der Waals surface area contributed by atoms with Crippen LogP contribution in [0.3, 0.4) is 0 Å². The third kappa shape index (κ3) is 6.48. The lowest BCUT2D eigenvalue weighted by atomic mass is 10.3. The average Bonchev–Trinajstić information content (AvgIpc) is 3.16. The molecule has 0 aliphatic rings. The lowest BCUT2D eigenvalue weighted by Crippen LogP contribution is -2.18. The first-order valence-corrected chi connectivity index (χ1v) is 11.5. The summed E-state index contributed by atoms with van der Waals surface area (Å²) in [6, 6.07) is 14.2. The number of halogens is 1. The molecule has 2 amide bonds. The van der Waals surface area contributed by atoms with E-state index >= 15 is 0 Å². The van der Waals surface area contributed by atoms with Gasteiger partial charge in [0, 0.05) is 12.2 Å². The fourth-order valence-electron chi connectivity index (χ4n) is 2.90. The van der Waals surface area contributed by atoms with Crippen molar-refractivity contribution >= 4 is 46.6 Å². The molecule has 2 aromatic carbocycles. The number of para-hydroxylation sites is 1. The predicted molar refractivity (Wildman–Crippen MR) is 126 cm³/mol. The summed E-state index contributed by atoms with van der Waals surface area (Å²) in [6.45, 7) is 5.01. The molecular formula is C22H24ClN5O3S. The first-order valence-electron chi connectivity index (χ1n) is 10.1. The number of nitrogens with zero attached hydrogens (tertiary/aromatic N) is 3. The van der Waals surface area contributed by atoms with E-state index in [9.17, 15) is 9.59 Å². The Balaban J connectivity index is 1.56. The SMILES string of the molecule is CCOc1ccc(NC(=O)Cc2nnc(SCC(=O)Nc3ccccc3Cl)n2CC)cc1. The fraction of sp³-hybridized carbons (Fsp3) is 0.273. The summed E-state index contributed by atoms with van der Waals surface area (Å²) in [4.78, 5) is 24.7. The van der Waals surface area contributed by atoms with Crippen LogP contribution in [-0.4, -0.2) is 38.9 Å². The van der Waals surface area contributed by atoms with Crippen LogP contribution in [0.1, 0.15) is 19.7 Å². The molecule has 3 aromatic rings. The number of aromatic nitrogens is 3. The lowest BCUT2D eigenvalue weighted by molar-refractivity contribution is -0.116. The van der Waals surface area contributed by atoms with Gasteiger partial charge in [0.25, 0.3) is 0 Å². The van der Waals surface area contributed by atoms with Crippen molar-refractivity contribution in [1.82, 2.24) is 14.8 Å². The van der Waals surface area contributed by atoms with E-state index in [2.05, 4.69) is 20.8 Å². The van der Waals surface area contributed by atoms with Gasteiger partial charge in [-0.25, -0.2) is 0 Å². The second-order valence-electron chi connectivity index (χ2n) is 6.64. The molecule has 0 saturated carbocycles. The van der Waals surface area contributed by atoms with Crippen molar-refractivity contribution in [2.24, 2.45) is 0 Å². The van der Waals surface area contributed by atoms with Crippen LogP contribution in [0.4, 0.5) is 11.4 Å². The molecule has 3 rings (SSSR count). The minimum atomic E-state index is -0.205. The zero-order valence-corrected chi connectivity index (χ0v) is 19.4. The van der Waals surface area contributed by atoms with Gasteiger partial charge in [-0.3, -0.25) is 9.59 Å². The number of benzene rings is 2. The lowest BCUT2D eigenvalue weighted by Gasteiger charge is -2.09. The topological polar surface area (TPSA) is 98.1 Å². The van der Waals surface area contributed by atoms with Crippen molar-refractivity contribution in [3.8, 4) is 5.75 Å². The molecule has 0 atom stereocenters. The molecule has 0 fully saturated rings. The molecule has 8 nitrogen and oxygen atoms in total. The maximum absolute atomic E-state index is 12.5. The highest BCUT2D eigenvalue weighted by molar-refractivity contribution is 7.99. The van der Waals surface area contributed by atoms with E-state index in [1.807, 2.05) is 18.4 Å². The van der Waals surface area contributed by atoms with Crippen LogP contribution < -0.4 is 15.4 Å². The van der Waals surface area contributed by atoms with Gasteiger partial charge in [0.05, 0.1) is 29.5 Å². The number of rotatable bonds is 10. The van der Waals surface area contributed by atoms with E-state index in [0.717, 1.165) is 5.75 Å². The Morgan fingerprint density at radius 2 is 1.78 bits per heavy atom. The molecular weight excluding hydrogens is 450 g/mol. The molecule has 0 spiro atoms. The van der Waals surface area contributed by atoms with Crippen molar-refractivity contribution < 1.29 is 14.3 Å². The highest BCUT2D eigenvalue weighted by atomic mass is 35.5. The second kappa shape index (κ2) is 11.5. The predicted octanol–water partition coefficient (Wildman–Crippen LogP) is 4.26. The summed E-state index contributed by atoms with van der Waals surface area (Å²) < 4.78 is 7.23. The third-order valence-corrected chi connectivity index (χ3v) is 5.65. The monoisotopic (exact) mass is 473 g/mol. The molecule has 0 bridgehead atoms. The summed E-state index contributed by atoms with van der Waals surface area (Å²) in [5.41, 5.74) is 1.23. The summed E-state index contributed by atoms with van der Waals surface area (Å²) in [5, 5.41) is 15.0. The first kappa shape index (κ1) is 23.6. The molecule has 168 valence electrons. The maximum Gasteiger partial charge on any atom is 0.234 e. The van der Waals surface area contributed by atoms with Crippen LogP contribution in [0.5, 0.6) is 5.75 Å². The molecule has 0 saturated heterocycles. The average molecular weight is 474 g/mol. The molecule has 32 heavy (non-hydrogen) atoms.